The highest BCUT2D eigenvalue weighted by molar-refractivity contribution is 6.17. The molecule has 0 unspecified atom stereocenters. The molecule has 0 aliphatic heterocycles. The van der Waals surface area contributed by atoms with Gasteiger partial charge in [-0.2, -0.15) is 0 Å². The van der Waals surface area contributed by atoms with Crippen LogP contribution in [0, 0.1) is 0 Å². The lowest BCUT2D eigenvalue weighted by Crippen LogP contribution is -1.79. The van der Waals surface area contributed by atoms with E-state index in [0.717, 1.165) is 22.2 Å². The van der Waals surface area contributed by atoms with Crippen molar-refractivity contribution in [3.63, 3.8) is 0 Å². The summed E-state index contributed by atoms with van der Waals surface area (Å²) in [5.41, 5.74) is 3.89. The van der Waals surface area contributed by atoms with Gasteiger partial charge in [-0.3, -0.25) is 0 Å². The molecule has 0 radical (unpaired) electrons. The Morgan fingerprint density at radius 2 is 1.82 bits per heavy atom. The van der Waals surface area contributed by atoms with Crippen LogP contribution in [0.25, 0.3) is 22.1 Å². The SMILES string of the molecule is ClCc1noc2ccc(-c3ccccc3)cc12. The Morgan fingerprint density at radius 1 is 1.00 bits per heavy atom. The minimum Gasteiger partial charge on any atom is -0.356 e. The van der Waals surface area contributed by atoms with Crippen molar-refractivity contribution in [1.29, 1.82) is 0 Å². The van der Waals surface area contributed by atoms with E-state index in [4.69, 9.17) is 16.1 Å². The molecule has 0 atom stereocenters. The van der Waals surface area contributed by atoms with E-state index < -0.39 is 0 Å². The third-order valence-corrected chi connectivity index (χ3v) is 3.03. The van der Waals surface area contributed by atoms with Crippen molar-refractivity contribution in [2.75, 3.05) is 0 Å². The molecule has 17 heavy (non-hydrogen) atoms. The van der Waals surface area contributed by atoms with E-state index in [1.165, 1.54) is 5.56 Å². The molecule has 2 aromatic carbocycles. The quantitative estimate of drug-likeness (QED) is 0.630. The molecular weight excluding hydrogens is 234 g/mol. The molecule has 1 aromatic heterocycles. The number of fused-ring (bicyclic) bond motifs is 1. The van der Waals surface area contributed by atoms with Gasteiger partial charge in [0.05, 0.1) is 5.88 Å². The van der Waals surface area contributed by atoms with Gasteiger partial charge in [-0.25, -0.2) is 0 Å². The van der Waals surface area contributed by atoms with Crippen LogP contribution in [0.1, 0.15) is 5.69 Å². The predicted molar refractivity (Wildman–Crippen MR) is 69.0 cm³/mol. The van der Waals surface area contributed by atoms with E-state index in [9.17, 15) is 0 Å². The van der Waals surface area contributed by atoms with Gasteiger partial charge in [0.15, 0.2) is 5.58 Å². The van der Waals surface area contributed by atoms with Gasteiger partial charge in [-0.1, -0.05) is 41.6 Å². The Morgan fingerprint density at radius 3 is 2.59 bits per heavy atom. The number of nitrogens with zero attached hydrogens (tertiary/aromatic N) is 1. The van der Waals surface area contributed by atoms with Crippen LogP contribution < -0.4 is 0 Å². The lowest BCUT2D eigenvalue weighted by molar-refractivity contribution is 0.449. The molecule has 1 heterocycles. The summed E-state index contributed by atoms with van der Waals surface area (Å²) in [7, 11) is 0. The summed E-state index contributed by atoms with van der Waals surface area (Å²) in [6, 6.07) is 16.2. The lowest BCUT2D eigenvalue weighted by atomic mass is 10.0. The van der Waals surface area contributed by atoms with Crippen molar-refractivity contribution in [2.45, 2.75) is 5.88 Å². The van der Waals surface area contributed by atoms with Crippen LogP contribution in [-0.4, -0.2) is 5.16 Å². The summed E-state index contributed by atoms with van der Waals surface area (Å²) in [6.07, 6.45) is 0. The molecule has 2 nitrogen and oxygen atoms in total. The lowest BCUT2D eigenvalue weighted by Gasteiger charge is -2.00. The predicted octanol–water partition coefficient (Wildman–Crippen LogP) is 4.23. The molecule has 3 heteroatoms. The van der Waals surface area contributed by atoms with Crippen LogP contribution in [0.15, 0.2) is 53.1 Å². The standard InChI is InChI=1S/C14H10ClNO/c15-9-13-12-8-11(6-7-14(12)17-16-13)10-4-2-1-3-5-10/h1-8H,9H2. The van der Waals surface area contributed by atoms with E-state index in [1.54, 1.807) is 0 Å². The molecular formula is C14H10ClNO. The maximum Gasteiger partial charge on any atom is 0.167 e. The molecule has 0 bridgehead atoms. The smallest absolute Gasteiger partial charge is 0.167 e. The maximum absolute atomic E-state index is 5.82. The van der Waals surface area contributed by atoms with Gasteiger partial charge >= 0.3 is 0 Å². The average Bonchev–Trinajstić information content (AvgIpc) is 2.81. The van der Waals surface area contributed by atoms with Gasteiger partial charge in [0, 0.05) is 5.39 Å². The Bertz CT molecular complexity index is 646. The normalized spacial score (nSPS) is 10.9. The zero-order chi connectivity index (χ0) is 11.7. The van der Waals surface area contributed by atoms with Crippen LogP contribution >= 0.6 is 11.6 Å². The van der Waals surface area contributed by atoms with Gasteiger partial charge in [-0.05, 0) is 23.3 Å². The summed E-state index contributed by atoms with van der Waals surface area (Å²) in [5, 5.41) is 4.93. The van der Waals surface area contributed by atoms with Gasteiger partial charge in [0.25, 0.3) is 0 Å². The summed E-state index contributed by atoms with van der Waals surface area (Å²) < 4.78 is 5.20. The molecule has 84 valence electrons. The largest absolute Gasteiger partial charge is 0.356 e. The van der Waals surface area contributed by atoms with Crippen molar-refractivity contribution in [3.8, 4) is 11.1 Å². The van der Waals surface area contributed by atoms with Crippen LogP contribution in [0.5, 0.6) is 0 Å². The van der Waals surface area contributed by atoms with E-state index >= 15 is 0 Å². The first kappa shape index (κ1) is 10.4. The van der Waals surface area contributed by atoms with E-state index in [2.05, 4.69) is 23.4 Å². The number of hydrogen-bond donors (Lipinski definition) is 0. The Labute approximate surface area is 104 Å². The third-order valence-electron chi connectivity index (χ3n) is 2.78. The minimum absolute atomic E-state index is 0.366. The average molecular weight is 244 g/mol. The number of halogens is 1. The number of rotatable bonds is 2. The van der Waals surface area contributed by atoms with Crippen LogP contribution in [-0.2, 0) is 5.88 Å². The fraction of sp³-hybridized carbons (Fsp3) is 0.0714. The van der Waals surface area contributed by atoms with Crippen molar-refractivity contribution < 1.29 is 4.52 Å². The topological polar surface area (TPSA) is 26.0 Å². The summed E-state index contributed by atoms with van der Waals surface area (Å²) in [4.78, 5) is 0. The fourth-order valence-corrected chi connectivity index (χ4v) is 2.09. The summed E-state index contributed by atoms with van der Waals surface area (Å²) in [5.74, 6) is 0.366. The molecule has 3 rings (SSSR count). The highest BCUT2D eigenvalue weighted by Gasteiger charge is 2.08. The summed E-state index contributed by atoms with van der Waals surface area (Å²) in [6.45, 7) is 0. The zero-order valence-electron chi connectivity index (χ0n) is 9.06. The maximum atomic E-state index is 5.82. The van der Waals surface area contributed by atoms with E-state index in [1.807, 2.05) is 30.3 Å². The second-order valence-corrected chi connectivity index (χ2v) is 4.11. The number of hydrogen-bond acceptors (Lipinski definition) is 2. The van der Waals surface area contributed by atoms with Crippen LogP contribution in [0.3, 0.4) is 0 Å². The molecule has 0 saturated heterocycles. The monoisotopic (exact) mass is 243 g/mol. The Balaban J connectivity index is 2.19. The molecule has 0 aliphatic rings. The third kappa shape index (κ3) is 1.81. The van der Waals surface area contributed by atoms with Crippen LogP contribution in [0.4, 0.5) is 0 Å². The first-order valence-electron chi connectivity index (χ1n) is 5.38. The zero-order valence-corrected chi connectivity index (χ0v) is 9.82. The minimum atomic E-state index is 0.366. The fourth-order valence-electron chi connectivity index (χ4n) is 1.90. The van der Waals surface area contributed by atoms with Gasteiger partial charge in [0.2, 0.25) is 0 Å². The van der Waals surface area contributed by atoms with Crippen molar-refractivity contribution in [3.05, 3.63) is 54.2 Å². The van der Waals surface area contributed by atoms with Crippen molar-refractivity contribution in [2.24, 2.45) is 0 Å². The summed E-state index contributed by atoms with van der Waals surface area (Å²) >= 11 is 5.82. The molecule has 0 amide bonds. The molecule has 0 N–H and O–H groups in total. The van der Waals surface area contributed by atoms with E-state index in [-0.39, 0.29) is 0 Å². The Hall–Kier alpha value is -1.80. The number of alkyl halides is 1. The second kappa shape index (κ2) is 4.22. The van der Waals surface area contributed by atoms with Gasteiger partial charge in [0.1, 0.15) is 5.69 Å². The molecule has 0 fully saturated rings. The van der Waals surface area contributed by atoms with Crippen molar-refractivity contribution in [1.82, 2.24) is 5.16 Å². The highest BCUT2D eigenvalue weighted by Crippen LogP contribution is 2.26. The molecule has 0 aliphatic carbocycles. The van der Waals surface area contributed by atoms with E-state index in [0.29, 0.717) is 5.88 Å². The first-order chi connectivity index (χ1) is 8.38. The number of aromatic nitrogens is 1. The molecule has 0 spiro atoms. The number of benzene rings is 2. The first-order valence-corrected chi connectivity index (χ1v) is 5.91. The van der Waals surface area contributed by atoms with Crippen molar-refractivity contribution >= 4 is 22.6 Å². The van der Waals surface area contributed by atoms with Crippen LogP contribution in [0.2, 0.25) is 0 Å². The Kier molecular flexibility index (Phi) is 2.57. The van der Waals surface area contributed by atoms with Gasteiger partial charge in [-0.15, -0.1) is 11.6 Å². The highest BCUT2D eigenvalue weighted by atomic mass is 35.5. The van der Waals surface area contributed by atoms with Gasteiger partial charge < -0.3 is 4.52 Å². The molecule has 3 aromatic rings. The molecule has 0 saturated carbocycles. The second-order valence-electron chi connectivity index (χ2n) is 3.84.